The smallest absolute Gasteiger partial charge is 0.273 e. The number of benzene rings is 1. The van der Waals surface area contributed by atoms with Gasteiger partial charge in [-0.3, -0.25) is 4.79 Å². The summed E-state index contributed by atoms with van der Waals surface area (Å²) in [6.45, 7) is 4.87. The maximum Gasteiger partial charge on any atom is 0.273 e. The van der Waals surface area contributed by atoms with E-state index in [2.05, 4.69) is 11.1 Å². The number of thiazole rings is 1. The number of nitrogens with zero attached hydrogens (tertiary/aromatic N) is 3. The molecule has 7 heteroatoms. The third-order valence-electron chi connectivity index (χ3n) is 3.73. The molecule has 0 saturated heterocycles. The Morgan fingerprint density at radius 1 is 1.46 bits per heavy atom. The van der Waals surface area contributed by atoms with Gasteiger partial charge in [-0.2, -0.15) is 5.26 Å². The Kier molecular flexibility index (Phi) is 4.67. The second-order valence-corrected chi connectivity index (χ2v) is 6.34. The van der Waals surface area contributed by atoms with Crippen molar-refractivity contribution in [3.05, 3.63) is 29.3 Å². The van der Waals surface area contributed by atoms with E-state index >= 15 is 0 Å². The van der Waals surface area contributed by atoms with Crippen LogP contribution in [0.15, 0.2) is 23.6 Å². The Bertz CT molecular complexity index is 797. The third kappa shape index (κ3) is 3.19. The molecule has 1 aromatic carbocycles. The quantitative estimate of drug-likeness (QED) is 0.833. The predicted octanol–water partition coefficient (Wildman–Crippen LogP) is 3.16. The Balaban J connectivity index is 1.80. The molecule has 1 amide bonds. The Morgan fingerprint density at radius 3 is 3.00 bits per heavy atom. The molecule has 6 nitrogen and oxygen atoms in total. The molecule has 2 heterocycles. The fraction of sp³-hybridized carbons (Fsp3) is 0.353. The minimum Gasteiger partial charge on any atom is -0.454 e. The van der Waals surface area contributed by atoms with E-state index in [1.807, 2.05) is 25.1 Å². The van der Waals surface area contributed by atoms with Gasteiger partial charge in [-0.05, 0) is 32.0 Å². The number of amides is 1. The summed E-state index contributed by atoms with van der Waals surface area (Å²) < 4.78 is 10.7. The molecule has 0 unspecified atom stereocenters. The van der Waals surface area contributed by atoms with Crippen molar-refractivity contribution in [1.82, 2.24) is 9.88 Å². The normalized spacial score (nSPS) is 13.4. The molecular weight excluding hydrogens is 326 g/mol. The molecular formula is C17H17N3O3S. The van der Waals surface area contributed by atoms with Gasteiger partial charge in [-0.15, -0.1) is 11.3 Å². The Labute approximate surface area is 144 Å². The first-order valence-electron chi connectivity index (χ1n) is 7.66. The van der Waals surface area contributed by atoms with Crippen molar-refractivity contribution in [3.63, 3.8) is 0 Å². The SMILES string of the molecule is CCN(C[C@@H](C)C#N)C(=O)c1csc(-c2ccc3c(c2)OCO3)n1. The second kappa shape index (κ2) is 6.89. The topological polar surface area (TPSA) is 75.5 Å². The van der Waals surface area contributed by atoms with Crippen molar-refractivity contribution in [2.45, 2.75) is 13.8 Å². The highest BCUT2D eigenvalue weighted by Gasteiger charge is 2.21. The second-order valence-electron chi connectivity index (χ2n) is 5.48. The van der Waals surface area contributed by atoms with Gasteiger partial charge in [0.2, 0.25) is 6.79 Å². The van der Waals surface area contributed by atoms with Crippen molar-refractivity contribution >= 4 is 17.2 Å². The molecule has 0 spiro atoms. The van der Waals surface area contributed by atoms with Crippen LogP contribution in [0, 0.1) is 17.2 Å². The van der Waals surface area contributed by atoms with Gasteiger partial charge in [0.25, 0.3) is 5.91 Å². The lowest BCUT2D eigenvalue weighted by Gasteiger charge is -2.20. The van der Waals surface area contributed by atoms with Crippen LogP contribution in [0.3, 0.4) is 0 Å². The summed E-state index contributed by atoms with van der Waals surface area (Å²) in [6, 6.07) is 7.76. The van der Waals surface area contributed by atoms with Gasteiger partial charge in [0.1, 0.15) is 10.7 Å². The molecule has 1 aromatic heterocycles. The molecule has 1 aliphatic rings. The summed E-state index contributed by atoms with van der Waals surface area (Å²) in [4.78, 5) is 18.7. The number of fused-ring (bicyclic) bond motifs is 1. The summed E-state index contributed by atoms with van der Waals surface area (Å²) in [5.74, 6) is 1.05. The monoisotopic (exact) mass is 343 g/mol. The molecule has 24 heavy (non-hydrogen) atoms. The van der Waals surface area contributed by atoms with Crippen LogP contribution in [0.5, 0.6) is 11.5 Å². The molecule has 0 bridgehead atoms. The standard InChI is InChI=1S/C17H17N3O3S/c1-3-20(8-11(2)7-18)17(21)13-9-24-16(19-13)12-4-5-14-15(6-12)23-10-22-14/h4-6,9,11H,3,8,10H2,1-2H3/t11-/m0/s1. The average molecular weight is 343 g/mol. The first-order chi connectivity index (χ1) is 11.6. The van der Waals surface area contributed by atoms with Crippen molar-refractivity contribution in [3.8, 4) is 28.1 Å². The van der Waals surface area contributed by atoms with Crippen molar-refractivity contribution < 1.29 is 14.3 Å². The van der Waals surface area contributed by atoms with Crippen LogP contribution in [-0.4, -0.2) is 35.7 Å². The van der Waals surface area contributed by atoms with Crippen LogP contribution in [-0.2, 0) is 0 Å². The number of carbonyl (C=O) groups excluding carboxylic acids is 1. The minimum absolute atomic E-state index is 0.150. The highest BCUT2D eigenvalue weighted by molar-refractivity contribution is 7.13. The fourth-order valence-corrected chi connectivity index (χ4v) is 3.21. The van der Waals surface area contributed by atoms with Crippen molar-refractivity contribution in [2.75, 3.05) is 19.9 Å². The highest BCUT2D eigenvalue weighted by Crippen LogP contribution is 2.36. The predicted molar refractivity (Wildman–Crippen MR) is 90.0 cm³/mol. The summed E-state index contributed by atoms with van der Waals surface area (Å²) >= 11 is 1.41. The molecule has 1 aliphatic heterocycles. The fourth-order valence-electron chi connectivity index (χ4n) is 2.42. The number of carbonyl (C=O) groups is 1. The zero-order valence-corrected chi connectivity index (χ0v) is 14.3. The van der Waals surface area contributed by atoms with E-state index in [4.69, 9.17) is 14.7 Å². The number of nitriles is 1. The Morgan fingerprint density at radius 2 is 2.25 bits per heavy atom. The van der Waals surface area contributed by atoms with Gasteiger partial charge in [-0.25, -0.2) is 4.98 Å². The third-order valence-corrected chi connectivity index (χ3v) is 4.62. The molecule has 0 fully saturated rings. The summed E-state index contributed by atoms with van der Waals surface area (Å²) in [5.41, 5.74) is 1.29. The van der Waals surface area contributed by atoms with E-state index in [1.54, 1.807) is 17.2 Å². The first kappa shape index (κ1) is 16.3. The first-order valence-corrected chi connectivity index (χ1v) is 8.54. The van der Waals surface area contributed by atoms with E-state index in [0.717, 1.165) is 10.6 Å². The van der Waals surface area contributed by atoms with Crippen LogP contribution < -0.4 is 9.47 Å². The molecule has 3 rings (SSSR count). The number of hydrogen-bond acceptors (Lipinski definition) is 6. The zero-order valence-electron chi connectivity index (χ0n) is 13.5. The molecule has 2 aromatic rings. The van der Waals surface area contributed by atoms with Crippen LogP contribution >= 0.6 is 11.3 Å². The zero-order chi connectivity index (χ0) is 17.1. The van der Waals surface area contributed by atoms with Crippen LogP contribution in [0.1, 0.15) is 24.3 Å². The van der Waals surface area contributed by atoms with Gasteiger partial charge < -0.3 is 14.4 Å². The van der Waals surface area contributed by atoms with E-state index in [-0.39, 0.29) is 18.6 Å². The molecule has 1 atom stereocenters. The van der Waals surface area contributed by atoms with E-state index in [1.165, 1.54) is 11.3 Å². The number of ether oxygens (including phenoxy) is 2. The van der Waals surface area contributed by atoms with Crippen molar-refractivity contribution in [2.24, 2.45) is 5.92 Å². The molecule has 124 valence electrons. The van der Waals surface area contributed by atoms with E-state index in [9.17, 15) is 4.79 Å². The maximum absolute atomic E-state index is 12.6. The molecule has 0 saturated carbocycles. The summed E-state index contributed by atoms with van der Waals surface area (Å²) in [6.07, 6.45) is 0. The van der Waals surface area contributed by atoms with Gasteiger partial charge >= 0.3 is 0 Å². The Hall–Kier alpha value is -2.59. The van der Waals surface area contributed by atoms with Crippen LogP contribution in [0.2, 0.25) is 0 Å². The lowest BCUT2D eigenvalue weighted by Crippen LogP contribution is -2.34. The number of rotatable bonds is 5. The maximum atomic E-state index is 12.6. The lowest BCUT2D eigenvalue weighted by molar-refractivity contribution is 0.0747. The van der Waals surface area contributed by atoms with Crippen LogP contribution in [0.4, 0.5) is 0 Å². The molecule has 0 N–H and O–H groups in total. The summed E-state index contributed by atoms with van der Waals surface area (Å²) in [7, 11) is 0. The van der Waals surface area contributed by atoms with Crippen LogP contribution in [0.25, 0.3) is 10.6 Å². The molecule has 0 aliphatic carbocycles. The number of hydrogen-bond donors (Lipinski definition) is 0. The minimum atomic E-state index is -0.208. The highest BCUT2D eigenvalue weighted by atomic mass is 32.1. The largest absolute Gasteiger partial charge is 0.454 e. The van der Waals surface area contributed by atoms with Gasteiger partial charge in [-0.1, -0.05) is 0 Å². The van der Waals surface area contributed by atoms with Crippen molar-refractivity contribution in [1.29, 1.82) is 5.26 Å². The molecule has 0 radical (unpaired) electrons. The van der Waals surface area contributed by atoms with E-state index < -0.39 is 0 Å². The van der Waals surface area contributed by atoms with Gasteiger partial charge in [0.15, 0.2) is 11.5 Å². The van der Waals surface area contributed by atoms with Gasteiger partial charge in [0.05, 0.1) is 12.0 Å². The summed E-state index contributed by atoms with van der Waals surface area (Å²) in [5, 5.41) is 11.4. The lowest BCUT2D eigenvalue weighted by atomic mass is 10.2. The number of aromatic nitrogens is 1. The van der Waals surface area contributed by atoms with E-state index in [0.29, 0.717) is 30.3 Å². The average Bonchev–Trinajstić information content (AvgIpc) is 3.26. The van der Waals surface area contributed by atoms with Gasteiger partial charge in [0, 0.05) is 24.0 Å².